The van der Waals surface area contributed by atoms with E-state index >= 15 is 0 Å². The molecule has 29 heavy (non-hydrogen) atoms. The van der Waals surface area contributed by atoms with Crippen molar-refractivity contribution in [1.82, 2.24) is 14.9 Å². The zero-order valence-electron chi connectivity index (χ0n) is 14.9. The van der Waals surface area contributed by atoms with Crippen LogP contribution in [0.5, 0.6) is 0 Å². The van der Waals surface area contributed by atoms with Crippen LogP contribution in [-0.4, -0.2) is 25.1 Å². The Hall–Kier alpha value is -2.98. The highest BCUT2D eigenvalue weighted by molar-refractivity contribution is 7.89. The summed E-state index contributed by atoms with van der Waals surface area (Å²) >= 11 is 0. The summed E-state index contributed by atoms with van der Waals surface area (Å²) in [6.07, 6.45) is -1.58. The quantitative estimate of drug-likeness (QED) is 0.625. The van der Waals surface area contributed by atoms with Crippen LogP contribution in [0, 0.1) is 0 Å². The van der Waals surface area contributed by atoms with Crippen molar-refractivity contribution in [3.05, 3.63) is 77.4 Å². The molecule has 3 aromatic rings. The highest BCUT2D eigenvalue weighted by atomic mass is 32.2. The fourth-order valence-corrected chi connectivity index (χ4v) is 3.52. The molecule has 0 aliphatic heterocycles. The molecule has 1 aromatic heterocycles. The predicted molar refractivity (Wildman–Crippen MR) is 100 cm³/mol. The van der Waals surface area contributed by atoms with E-state index in [1.54, 1.807) is 6.07 Å². The molecule has 1 N–H and O–H groups in total. The number of rotatable bonds is 7. The minimum Gasteiger partial charge on any atom is -0.329 e. The van der Waals surface area contributed by atoms with Crippen LogP contribution in [0.2, 0.25) is 0 Å². The van der Waals surface area contributed by atoms with E-state index in [2.05, 4.69) is 19.4 Å². The minimum atomic E-state index is -4.72. The molecule has 0 unspecified atom stereocenters. The second kappa shape index (κ2) is 8.58. The highest BCUT2D eigenvalue weighted by Crippen LogP contribution is 2.27. The van der Waals surface area contributed by atoms with Crippen molar-refractivity contribution in [2.45, 2.75) is 17.5 Å². The number of alkyl halides is 3. The molecule has 0 aliphatic rings. The van der Waals surface area contributed by atoms with Crippen LogP contribution in [0.15, 0.2) is 64.0 Å². The molecule has 1 heterocycles. The summed E-state index contributed by atoms with van der Waals surface area (Å²) in [5.74, 6) is -1.72. The summed E-state index contributed by atoms with van der Waals surface area (Å²) in [4.78, 5) is 3.26. The van der Waals surface area contributed by atoms with E-state index in [-0.39, 0.29) is 17.3 Å². The Bertz CT molecular complexity index is 1090. The number of benzene rings is 2. The van der Waals surface area contributed by atoms with Crippen molar-refractivity contribution in [3.8, 4) is 0 Å². The zero-order chi connectivity index (χ0) is 20.9. The van der Waals surface area contributed by atoms with E-state index in [1.807, 2.05) is 30.3 Å². The van der Waals surface area contributed by atoms with Crippen LogP contribution in [-0.2, 0) is 22.6 Å². The maximum Gasteiger partial charge on any atom is 0.471 e. The average Bonchev–Trinajstić information content (AvgIpc) is 3.17. The molecule has 0 aliphatic carbocycles. The molecule has 0 bridgehead atoms. The summed E-state index contributed by atoms with van der Waals surface area (Å²) in [5.41, 5.74) is 1.46. The predicted octanol–water partition coefficient (Wildman–Crippen LogP) is 3.78. The van der Waals surface area contributed by atoms with Gasteiger partial charge in [-0.1, -0.05) is 53.7 Å². The van der Waals surface area contributed by atoms with Crippen LogP contribution < -0.4 is 4.72 Å². The fourth-order valence-electron chi connectivity index (χ4n) is 2.43. The first kappa shape index (κ1) is 20.7. The van der Waals surface area contributed by atoms with Gasteiger partial charge in [-0.3, -0.25) is 0 Å². The SMILES string of the molecule is O=S(=O)(NCCc1ccccc1)c1cccc(/C=C/c2noc(C(F)(F)F)n2)c1. The maximum atomic E-state index is 12.5. The standard InChI is InChI=1S/C19H16F3N3O3S/c20-19(21,22)18-24-17(25-28-18)10-9-15-7-4-8-16(13-15)29(26,27)23-12-11-14-5-2-1-3-6-14/h1-10,13,23H,11-12H2/b10-9+. The Morgan fingerprint density at radius 1 is 1.03 bits per heavy atom. The molecule has 0 atom stereocenters. The van der Waals surface area contributed by atoms with E-state index in [9.17, 15) is 21.6 Å². The molecule has 2 aromatic carbocycles. The molecule has 0 saturated carbocycles. The average molecular weight is 423 g/mol. The number of aromatic nitrogens is 2. The highest BCUT2D eigenvalue weighted by Gasteiger charge is 2.38. The molecule has 0 radical (unpaired) electrons. The van der Waals surface area contributed by atoms with Gasteiger partial charge in [0.05, 0.1) is 4.90 Å². The molecule has 0 spiro atoms. The van der Waals surface area contributed by atoms with E-state index < -0.39 is 22.1 Å². The first-order chi connectivity index (χ1) is 13.7. The van der Waals surface area contributed by atoms with Gasteiger partial charge in [-0.25, -0.2) is 13.1 Å². The zero-order valence-corrected chi connectivity index (χ0v) is 15.7. The van der Waals surface area contributed by atoms with Crippen molar-refractivity contribution < 1.29 is 26.1 Å². The van der Waals surface area contributed by atoms with Crippen molar-refractivity contribution in [1.29, 1.82) is 0 Å². The van der Waals surface area contributed by atoms with Crippen LogP contribution in [0.25, 0.3) is 12.2 Å². The lowest BCUT2D eigenvalue weighted by Gasteiger charge is -2.07. The summed E-state index contributed by atoms with van der Waals surface area (Å²) in [7, 11) is -3.73. The van der Waals surface area contributed by atoms with Gasteiger partial charge in [-0.15, -0.1) is 0 Å². The summed E-state index contributed by atoms with van der Waals surface area (Å²) in [6.45, 7) is 0.232. The summed E-state index contributed by atoms with van der Waals surface area (Å²) in [6, 6.07) is 15.4. The Morgan fingerprint density at radius 2 is 1.79 bits per heavy atom. The smallest absolute Gasteiger partial charge is 0.329 e. The number of sulfonamides is 1. The molecule has 3 rings (SSSR count). The third-order valence-corrected chi connectivity index (χ3v) is 5.28. The molecule has 0 fully saturated rings. The van der Waals surface area contributed by atoms with Gasteiger partial charge in [0.15, 0.2) is 5.82 Å². The third-order valence-electron chi connectivity index (χ3n) is 3.83. The first-order valence-corrected chi connectivity index (χ1v) is 9.95. The lowest BCUT2D eigenvalue weighted by Crippen LogP contribution is -2.26. The van der Waals surface area contributed by atoms with Crippen LogP contribution in [0.4, 0.5) is 13.2 Å². The lowest BCUT2D eigenvalue weighted by molar-refractivity contribution is -0.159. The Labute approximate surface area is 165 Å². The molecular formula is C19H16F3N3O3S. The molecular weight excluding hydrogens is 407 g/mol. The molecule has 10 heteroatoms. The summed E-state index contributed by atoms with van der Waals surface area (Å²) < 4.78 is 69.0. The Kier molecular flexibility index (Phi) is 6.14. The van der Waals surface area contributed by atoms with Crippen molar-refractivity contribution in [2.75, 3.05) is 6.54 Å². The van der Waals surface area contributed by atoms with Crippen LogP contribution >= 0.6 is 0 Å². The number of hydrogen-bond donors (Lipinski definition) is 1. The lowest BCUT2D eigenvalue weighted by atomic mass is 10.2. The Balaban J connectivity index is 1.67. The van der Waals surface area contributed by atoms with Crippen LogP contribution in [0.1, 0.15) is 22.8 Å². The topological polar surface area (TPSA) is 85.1 Å². The van der Waals surface area contributed by atoms with Crippen molar-refractivity contribution in [2.24, 2.45) is 0 Å². The van der Waals surface area contributed by atoms with Gasteiger partial charge in [0, 0.05) is 6.54 Å². The maximum absolute atomic E-state index is 12.5. The number of nitrogens with zero attached hydrogens (tertiary/aromatic N) is 2. The molecule has 0 amide bonds. The van der Waals surface area contributed by atoms with Gasteiger partial charge in [0.2, 0.25) is 10.0 Å². The fraction of sp³-hybridized carbons (Fsp3) is 0.158. The number of hydrogen-bond acceptors (Lipinski definition) is 5. The van der Waals surface area contributed by atoms with Gasteiger partial charge in [0.1, 0.15) is 0 Å². The van der Waals surface area contributed by atoms with Crippen molar-refractivity contribution >= 4 is 22.2 Å². The van der Waals surface area contributed by atoms with E-state index in [0.717, 1.165) is 5.56 Å². The molecule has 0 saturated heterocycles. The second-order valence-corrected chi connectivity index (χ2v) is 7.76. The van der Waals surface area contributed by atoms with E-state index in [4.69, 9.17) is 0 Å². The van der Waals surface area contributed by atoms with Gasteiger partial charge < -0.3 is 4.52 Å². The van der Waals surface area contributed by atoms with E-state index in [1.165, 1.54) is 30.4 Å². The van der Waals surface area contributed by atoms with Gasteiger partial charge >= 0.3 is 12.1 Å². The third kappa shape index (κ3) is 5.75. The second-order valence-electron chi connectivity index (χ2n) is 5.99. The van der Waals surface area contributed by atoms with E-state index in [0.29, 0.717) is 12.0 Å². The van der Waals surface area contributed by atoms with Crippen molar-refractivity contribution in [3.63, 3.8) is 0 Å². The molecule has 152 valence electrons. The minimum absolute atomic E-state index is 0.0387. The first-order valence-electron chi connectivity index (χ1n) is 8.47. The summed E-state index contributed by atoms with van der Waals surface area (Å²) in [5, 5.41) is 3.21. The van der Waals surface area contributed by atoms with Gasteiger partial charge in [-0.2, -0.15) is 18.2 Å². The van der Waals surface area contributed by atoms with Crippen LogP contribution in [0.3, 0.4) is 0 Å². The van der Waals surface area contributed by atoms with Gasteiger partial charge in [-0.05, 0) is 35.8 Å². The monoisotopic (exact) mass is 423 g/mol. The normalized spacial score (nSPS) is 12.5. The largest absolute Gasteiger partial charge is 0.471 e. The number of halogens is 3. The number of nitrogens with one attached hydrogen (secondary N) is 1. The van der Waals surface area contributed by atoms with Gasteiger partial charge in [0.25, 0.3) is 0 Å². The Morgan fingerprint density at radius 3 is 2.48 bits per heavy atom. The molecule has 6 nitrogen and oxygen atoms in total.